The van der Waals surface area contributed by atoms with Crippen molar-refractivity contribution >= 4 is 17.5 Å². The van der Waals surface area contributed by atoms with Crippen LogP contribution in [0.3, 0.4) is 0 Å². The second kappa shape index (κ2) is 5.41. The molecular formula is C9H16ClNO. The molecule has 2 nitrogen and oxygen atoms in total. The zero-order valence-electron chi connectivity index (χ0n) is 7.31. The van der Waals surface area contributed by atoms with Crippen molar-refractivity contribution in [3.63, 3.8) is 0 Å². The summed E-state index contributed by atoms with van der Waals surface area (Å²) >= 11 is 5.36. The zero-order valence-corrected chi connectivity index (χ0v) is 8.07. The molecular weight excluding hydrogens is 174 g/mol. The van der Waals surface area contributed by atoms with Gasteiger partial charge in [-0.3, -0.25) is 4.79 Å². The first-order valence-corrected chi connectivity index (χ1v) is 5.19. The fourth-order valence-electron chi connectivity index (χ4n) is 1.70. The van der Waals surface area contributed by atoms with Gasteiger partial charge in [-0.2, -0.15) is 0 Å². The van der Waals surface area contributed by atoms with Gasteiger partial charge in [-0.1, -0.05) is 19.3 Å². The van der Waals surface area contributed by atoms with Crippen LogP contribution in [0.1, 0.15) is 32.1 Å². The summed E-state index contributed by atoms with van der Waals surface area (Å²) in [6, 6.07) is 0. The maximum Gasteiger partial charge on any atom is 0.234 e. The SMILES string of the molecule is O=C(CCl)NCC1CCCCC1. The lowest BCUT2D eigenvalue weighted by Gasteiger charge is -2.21. The average Bonchev–Trinajstić information content (AvgIpc) is 2.16. The monoisotopic (exact) mass is 189 g/mol. The van der Waals surface area contributed by atoms with Crippen LogP contribution in [0.15, 0.2) is 0 Å². The largest absolute Gasteiger partial charge is 0.355 e. The van der Waals surface area contributed by atoms with Crippen molar-refractivity contribution in [1.29, 1.82) is 0 Å². The molecule has 1 fully saturated rings. The summed E-state index contributed by atoms with van der Waals surface area (Å²) in [5, 5.41) is 2.83. The normalized spacial score (nSPS) is 19.1. The Morgan fingerprint density at radius 2 is 2.00 bits per heavy atom. The summed E-state index contributed by atoms with van der Waals surface area (Å²) in [6.45, 7) is 0.825. The highest BCUT2D eigenvalue weighted by molar-refractivity contribution is 6.27. The third-order valence-corrected chi connectivity index (χ3v) is 2.68. The third kappa shape index (κ3) is 3.44. The smallest absolute Gasteiger partial charge is 0.234 e. The van der Waals surface area contributed by atoms with E-state index in [0.717, 1.165) is 6.54 Å². The van der Waals surface area contributed by atoms with Gasteiger partial charge in [0, 0.05) is 6.54 Å². The molecule has 0 spiro atoms. The van der Waals surface area contributed by atoms with Crippen LogP contribution in [0, 0.1) is 5.92 Å². The molecule has 3 heteroatoms. The van der Waals surface area contributed by atoms with E-state index in [0.29, 0.717) is 5.92 Å². The van der Waals surface area contributed by atoms with E-state index in [4.69, 9.17) is 11.6 Å². The Balaban J connectivity index is 2.09. The summed E-state index contributed by atoms with van der Waals surface area (Å²) in [5.74, 6) is 0.750. The van der Waals surface area contributed by atoms with Crippen molar-refractivity contribution in [2.24, 2.45) is 5.92 Å². The molecule has 70 valence electrons. The Hall–Kier alpha value is -0.240. The van der Waals surface area contributed by atoms with Crippen molar-refractivity contribution in [2.45, 2.75) is 32.1 Å². The van der Waals surface area contributed by atoms with Gasteiger partial charge >= 0.3 is 0 Å². The molecule has 0 aromatic carbocycles. The van der Waals surface area contributed by atoms with Gasteiger partial charge in [0.2, 0.25) is 5.91 Å². The van der Waals surface area contributed by atoms with Crippen molar-refractivity contribution in [3.05, 3.63) is 0 Å². The first-order valence-electron chi connectivity index (χ1n) is 4.65. The van der Waals surface area contributed by atoms with Gasteiger partial charge < -0.3 is 5.32 Å². The third-order valence-electron chi connectivity index (χ3n) is 2.43. The van der Waals surface area contributed by atoms with E-state index < -0.39 is 0 Å². The molecule has 1 aliphatic rings. The molecule has 0 bridgehead atoms. The summed E-state index contributed by atoms with van der Waals surface area (Å²) in [7, 11) is 0. The van der Waals surface area contributed by atoms with Gasteiger partial charge in [0.25, 0.3) is 0 Å². The number of nitrogens with one attached hydrogen (secondary N) is 1. The van der Waals surface area contributed by atoms with Crippen LogP contribution in [0.5, 0.6) is 0 Å². The summed E-state index contributed by atoms with van der Waals surface area (Å²) < 4.78 is 0. The number of rotatable bonds is 3. The number of amides is 1. The Kier molecular flexibility index (Phi) is 4.44. The lowest BCUT2D eigenvalue weighted by molar-refractivity contribution is -0.118. The fourth-order valence-corrected chi connectivity index (χ4v) is 1.79. The predicted molar refractivity (Wildman–Crippen MR) is 50.3 cm³/mol. The van der Waals surface area contributed by atoms with Crippen LogP contribution in [0.25, 0.3) is 0 Å². The van der Waals surface area contributed by atoms with Crippen LogP contribution in [-0.2, 0) is 4.79 Å². The lowest BCUT2D eigenvalue weighted by atomic mass is 9.89. The number of carbonyl (C=O) groups is 1. The molecule has 1 N–H and O–H groups in total. The minimum absolute atomic E-state index is 0.0396. The molecule has 1 rings (SSSR count). The number of hydrogen-bond acceptors (Lipinski definition) is 1. The average molecular weight is 190 g/mol. The molecule has 12 heavy (non-hydrogen) atoms. The van der Waals surface area contributed by atoms with Crippen molar-refractivity contribution in [3.8, 4) is 0 Å². The van der Waals surface area contributed by atoms with Gasteiger partial charge in [-0.25, -0.2) is 0 Å². The topological polar surface area (TPSA) is 29.1 Å². The van der Waals surface area contributed by atoms with Gasteiger partial charge in [-0.05, 0) is 18.8 Å². The molecule has 1 aliphatic carbocycles. The quantitative estimate of drug-likeness (QED) is 0.676. The number of halogens is 1. The molecule has 0 aromatic rings. The van der Waals surface area contributed by atoms with E-state index in [2.05, 4.69) is 5.32 Å². The molecule has 0 saturated heterocycles. The van der Waals surface area contributed by atoms with Gasteiger partial charge in [0.15, 0.2) is 0 Å². The Morgan fingerprint density at radius 1 is 1.33 bits per heavy atom. The minimum Gasteiger partial charge on any atom is -0.355 e. The maximum atomic E-state index is 10.8. The Morgan fingerprint density at radius 3 is 2.58 bits per heavy atom. The second-order valence-electron chi connectivity index (χ2n) is 3.44. The van der Waals surface area contributed by atoms with Crippen LogP contribution in [0.2, 0.25) is 0 Å². The Bertz CT molecular complexity index is 143. The first-order chi connectivity index (χ1) is 5.83. The van der Waals surface area contributed by atoms with Crippen molar-refractivity contribution < 1.29 is 4.79 Å². The molecule has 0 unspecified atom stereocenters. The van der Waals surface area contributed by atoms with Crippen molar-refractivity contribution in [2.75, 3.05) is 12.4 Å². The highest BCUT2D eigenvalue weighted by Gasteiger charge is 2.13. The van der Waals surface area contributed by atoms with E-state index in [1.807, 2.05) is 0 Å². The second-order valence-corrected chi connectivity index (χ2v) is 3.71. The molecule has 0 atom stereocenters. The maximum absolute atomic E-state index is 10.8. The molecule has 1 amide bonds. The van der Waals surface area contributed by atoms with Crippen LogP contribution in [0.4, 0.5) is 0 Å². The minimum atomic E-state index is -0.0396. The van der Waals surface area contributed by atoms with Crippen molar-refractivity contribution in [1.82, 2.24) is 5.32 Å². The van der Waals surface area contributed by atoms with Gasteiger partial charge in [-0.15, -0.1) is 11.6 Å². The highest BCUT2D eigenvalue weighted by atomic mass is 35.5. The van der Waals surface area contributed by atoms with Crippen LogP contribution < -0.4 is 5.32 Å². The number of alkyl halides is 1. The number of carbonyl (C=O) groups excluding carboxylic acids is 1. The lowest BCUT2D eigenvalue weighted by Crippen LogP contribution is -2.30. The highest BCUT2D eigenvalue weighted by Crippen LogP contribution is 2.22. The van der Waals surface area contributed by atoms with Gasteiger partial charge in [0.05, 0.1) is 0 Å². The molecule has 0 radical (unpaired) electrons. The van der Waals surface area contributed by atoms with E-state index in [-0.39, 0.29) is 11.8 Å². The van der Waals surface area contributed by atoms with E-state index >= 15 is 0 Å². The number of hydrogen-bond donors (Lipinski definition) is 1. The predicted octanol–water partition coefficient (Wildman–Crippen LogP) is 1.92. The standard InChI is InChI=1S/C9H16ClNO/c10-6-9(12)11-7-8-4-2-1-3-5-8/h8H,1-7H2,(H,11,12). The molecule has 0 aromatic heterocycles. The van der Waals surface area contributed by atoms with Crippen LogP contribution in [-0.4, -0.2) is 18.3 Å². The first kappa shape index (κ1) is 9.85. The Labute approximate surface area is 78.7 Å². The van der Waals surface area contributed by atoms with E-state index in [1.54, 1.807) is 0 Å². The molecule has 0 aliphatic heterocycles. The summed E-state index contributed by atoms with van der Waals surface area (Å²) in [6.07, 6.45) is 6.54. The molecule has 1 saturated carbocycles. The van der Waals surface area contributed by atoms with Gasteiger partial charge in [0.1, 0.15) is 5.88 Å². The summed E-state index contributed by atoms with van der Waals surface area (Å²) in [5.41, 5.74) is 0. The zero-order chi connectivity index (χ0) is 8.81. The van der Waals surface area contributed by atoms with Crippen LogP contribution >= 0.6 is 11.6 Å². The van der Waals surface area contributed by atoms with E-state index in [1.165, 1.54) is 32.1 Å². The fraction of sp³-hybridized carbons (Fsp3) is 0.889. The van der Waals surface area contributed by atoms with E-state index in [9.17, 15) is 4.79 Å². The summed E-state index contributed by atoms with van der Waals surface area (Å²) in [4.78, 5) is 10.8. The molecule has 0 heterocycles.